The van der Waals surface area contributed by atoms with Crippen LogP contribution >= 0.6 is 0 Å². The van der Waals surface area contributed by atoms with E-state index >= 15 is 0 Å². The highest BCUT2D eigenvalue weighted by Gasteiger charge is 2.17. The fourth-order valence-electron chi connectivity index (χ4n) is 2.87. The normalized spacial score (nSPS) is 16.1. The second-order valence-electron chi connectivity index (χ2n) is 5.84. The van der Waals surface area contributed by atoms with E-state index in [9.17, 15) is 0 Å². The van der Waals surface area contributed by atoms with Gasteiger partial charge in [0.15, 0.2) is 0 Å². The fourth-order valence-corrected chi connectivity index (χ4v) is 2.87. The van der Waals surface area contributed by atoms with E-state index in [1.54, 1.807) is 0 Å². The van der Waals surface area contributed by atoms with Crippen molar-refractivity contribution < 1.29 is 0 Å². The van der Waals surface area contributed by atoms with Gasteiger partial charge in [-0.1, -0.05) is 29.8 Å². The van der Waals surface area contributed by atoms with Crippen molar-refractivity contribution in [1.29, 1.82) is 0 Å². The number of nitrogens with two attached hydrogens (primary N) is 1. The van der Waals surface area contributed by atoms with Crippen molar-refractivity contribution in [3.8, 4) is 0 Å². The molecule has 3 heteroatoms. The summed E-state index contributed by atoms with van der Waals surface area (Å²) in [6.07, 6.45) is 0. The first-order chi connectivity index (χ1) is 10.2. The first-order valence-electron chi connectivity index (χ1n) is 7.59. The molecule has 110 valence electrons. The van der Waals surface area contributed by atoms with Gasteiger partial charge in [-0.2, -0.15) is 0 Å². The summed E-state index contributed by atoms with van der Waals surface area (Å²) in [5.74, 6) is 0. The third-order valence-corrected chi connectivity index (χ3v) is 4.13. The minimum atomic E-state index is 0.853. The molecule has 1 aliphatic rings. The maximum absolute atomic E-state index is 5.85. The first kappa shape index (κ1) is 14.0. The molecule has 0 aliphatic carbocycles. The molecule has 1 saturated heterocycles. The van der Waals surface area contributed by atoms with E-state index in [0.29, 0.717) is 0 Å². The van der Waals surface area contributed by atoms with Crippen LogP contribution in [0.25, 0.3) is 0 Å². The molecular weight excluding hydrogens is 258 g/mol. The minimum absolute atomic E-state index is 0.853. The average Bonchev–Trinajstić information content (AvgIpc) is 2.49. The molecule has 1 aliphatic heterocycles. The van der Waals surface area contributed by atoms with Crippen LogP contribution in [0.3, 0.4) is 0 Å². The number of nitrogen functional groups attached to an aromatic ring is 1. The van der Waals surface area contributed by atoms with Crippen LogP contribution < -0.4 is 10.6 Å². The molecular formula is C18H23N3. The van der Waals surface area contributed by atoms with Crippen molar-refractivity contribution in [3.63, 3.8) is 0 Å². The van der Waals surface area contributed by atoms with E-state index in [1.807, 2.05) is 12.1 Å². The number of hydrogen-bond donors (Lipinski definition) is 1. The Morgan fingerprint density at radius 3 is 2.33 bits per heavy atom. The zero-order valence-electron chi connectivity index (χ0n) is 12.6. The van der Waals surface area contributed by atoms with Gasteiger partial charge in [0.05, 0.1) is 0 Å². The molecule has 0 saturated carbocycles. The summed E-state index contributed by atoms with van der Waals surface area (Å²) in [5.41, 5.74) is 10.7. The third-order valence-electron chi connectivity index (χ3n) is 4.13. The molecule has 0 aromatic heterocycles. The lowest BCUT2D eigenvalue weighted by Gasteiger charge is -2.36. The van der Waals surface area contributed by atoms with Crippen LogP contribution in [-0.4, -0.2) is 31.1 Å². The molecule has 3 rings (SSSR count). The molecule has 21 heavy (non-hydrogen) atoms. The van der Waals surface area contributed by atoms with Crippen LogP contribution in [0, 0.1) is 6.92 Å². The van der Waals surface area contributed by atoms with E-state index in [0.717, 1.165) is 38.4 Å². The maximum atomic E-state index is 5.85. The Morgan fingerprint density at radius 2 is 1.67 bits per heavy atom. The zero-order valence-corrected chi connectivity index (χ0v) is 12.6. The molecule has 0 atom stereocenters. The Morgan fingerprint density at radius 1 is 0.952 bits per heavy atom. The average molecular weight is 281 g/mol. The molecule has 3 nitrogen and oxygen atoms in total. The number of nitrogens with zero attached hydrogens (tertiary/aromatic N) is 2. The molecule has 2 N–H and O–H groups in total. The monoisotopic (exact) mass is 281 g/mol. The van der Waals surface area contributed by atoms with Gasteiger partial charge in [0, 0.05) is 44.1 Å². The van der Waals surface area contributed by atoms with Gasteiger partial charge in [-0.25, -0.2) is 0 Å². The quantitative estimate of drug-likeness (QED) is 0.878. The molecule has 2 aromatic rings. The molecule has 0 amide bonds. The SMILES string of the molecule is Cc1ccc(N2CCN(Cc3cccc(N)c3)CC2)cc1. The van der Waals surface area contributed by atoms with Crippen LogP contribution in [0.1, 0.15) is 11.1 Å². The van der Waals surface area contributed by atoms with Gasteiger partial charge in [-0.15, -0.1) is 0 Å². The van der Waals surface area contributed by atoms with E-state index in [-0.39, 0.29) is 0 Å². The molecule has 1 heterocycles. The van der Waals surface area contributed by atoms with Crippen LogP contribution in [-0.2, 0) is 6.54 Å². The highest BCUT2D eigenvalue weighted by Crippen LogP contribution is 2.18. The van der Waals surface area contributed by atoms with Gasteiger partial charge in [0.2, 0.25) is 0 Å². The van der Waals surface area contributed by atoms with Crippen LogP contribution in [0.5, 0.6) is 0 Å². The summed E-state index contributed by atoms with van der Waals surface area (Å²) in [6.45, 7) is 7.50. The van der Waals surface area contributed by atoms with Crippen LogP contribution in [0.15, 0.2) is 48.5 Å². The Hall–Kier alpha value is -2.00. The number of anilines is 2. The van der Waals surface area contributed by atoms with Gasteiger partial charge in [-0.3, -0.25) is 4.90 Å². The lowest BCUT2D eigenvalue weighted by molar-refractivity contribution is 0.250. The van der Waals surface area contributed by atoms with E-state index in [2.05, 4.69) is 53.1 Å². The number of benzene rings is 2. The number of piperazine rings is 1. The van der Waals surface area contributed by atoms with Gasteiger partial charge in [0.25, 0.3) is 0 Å². The summed E-state index contributed by atoms with van der Waals surface area (Å²) in [5, 5.41) is 0. The maximum Gasteiger partial charge on any atom is 0.0367 e. The summed E-state index contributed by atoms with van der Waals surface area (Å²) in [6, 6.07) is 17.0. The van der Waals surface area contributed by atoms with E-state index in [4.69, 9.17) is 5.73 Å². The highest BCUT2D eigenvalue weighted by atomic mass is 15.3. The molecule has 0 radical (unpaired) electrons. The van der Waals surface area contributed by atoms with E-state index in [1.165, 1.54) is 16.8 Å². The molecule has 0 unspecified atom stereocenters. The van der Waals surface area contributed by atoms with Crippen molar-refractivity contribution >= 4 is 11.4 Å². The third kappa shape index (κ3) is 3.56. The van der Waals surface area contributed by atoms with Crippen molar-refractivity contribution in [2.75, 3.05) is 36.8 Å². The zero-order chi connectivity index (χ0) is 14.7. The van der Waals surface area contributed by atoms with E-state index < -0.39 is 0 Å². The number of rotatable bonds is 3. The largest absolute Gasteiger partial charge is 0.399 e. The lowest BCUT2D eigenvalue weighted by Crippen LogP contribution is -2.45. The second kappa shape index (κ2) is 6.19. The van der Waals surface area contributed by atoms with Crippen LogP contribution in [0.4, 0.5) is 11.4 Å². The number of hydrogen-bond acceptors (Lipinski definition) is 3. The minimum Gasteiger partial charge on any atom is -0.399 e. The molecule has 0 spiro atoms. The summed E-state index contributed by atoms with van der Waals surface area (Å²) >= 11 is 0. The van der Waals surface area contributed by atoms with Crippen molar-refractivity contribution in [2.45, 2.75) is 13.5 Å². The predicted octanol–water partition coefficient (Wildman–Crippen LogP) is 2.90. The summed E-state index contributed by atoms with van der Waals surface area (Å²) < 4.78 is 0. The first-order valence-corrected chi connectivity index (χ1v) is 7.59. The Balaban J connectivity index is 1.56. The van der Waals surface area contributed by atoms with Gasteiger partial charge in [-0.05, 0) is 36.8 Å². The Bertz CT molecular complexity index is 584. The van der Waals surface area contributed by atoms with Crippen molar-refractivity contribution in [1.82, 2.24) is 4.90 Å². The van der Waals surface area contributed by atoms with Gasteiger partial charge < -0.3 is 10.6 Å². The van der Waals surface area contributed by atoms with Crippen LogP contribution in [0.2, 0.25) is 0 Å². The smallest absolute Gasteiger partial charge is 0.0367 e. The van der Waals surface area contributed by atoms with Gasteiger partial charge in [0.1, 0.15) is 0 Å². The van der Waals surface area contributed by atoms with Gasteiger partial charge >= 0.3 is 0 Å². The second-order valence-corrected chi connectivity index (χ2v) is 5.84. The Kier molecular flexibility index (Phi) is 4.11. The fraction of sp³-hybridized carbons (Fsp3) is 0.333. The molecule has 0 bridgehead atoms. The standard InChI is InChI=1S/C18H23N3/c1-15-5-7-18(8-6-15)21-11-9-20(10-12-21)14-16-3-2-4-17(19)13-16/h2-8,13H,9-12,14,19H2,1H3. The predicted molar refractivity (Wildman–Crippen MR) is 89.5 cm³/mol. The number of aryl methyl sites for hydroxylation is 1. The summed E-state index contributed by atoms with van der Waals surface area (Å²) in [4.78, 5) is 4.97. The topological polar surface area (TPSA) is 32.5 Å². The van der Waals surface area contributed by atoms with Crippen molar-refractivity contribution in [2.24, 2.45) is 0 Å². The Labute approximate surface area is 127 Å². The molecule has 1 fully saturated rings. The lowest BCUT2D eigenvalue weighted by atomic mass is 10.1. The summed E-state index contributed by atoms with van der Waals surface area (Å²) in [7, 11) is 0. The van der Waals surface area contributed by atoms with Crippen molar-refractivity contribution in [3.05, 3.63) is 59.7 Å². The molecule has 2 aromatic carbocycles. The highest BCUT2D eigenvalue weighted by molar-refractivity contribution is 5.48.